The van der Waals surface area contributed by atoms with Crippen LogP contribution in [0.25, 0.3) is 0 Å². The van der Waals surface area contributed by atoms with Crippen LogP contribution >= 0.6 is 11.6 Å². The average Bonchev–Trinajstić information content (AvgIpc) is 2.34. The maximum atomic E-state index is 8.25. The molecule has 1 aromatic rings. The first-order chi connectivity index (χ1) is 4.75. The molecule has 0 atom stereocenters. The van der Waals surface area contributed by atoms with E-state index in [-0.39, 0.29) is 29.1 Å². The van der Waals surface area contributed by atoms with Gasteiger partial charge in [-0.2, -0.15) is 0 Å². The third kappa shape index (κ3) is 1.95. The van der Waals surface area contributed by atoms with Crippen LogP contribution in [-0.4, -0.2) is 20.7 Å². The molecule has 8 heteroatoms. The standard InChI is InChI=1S/C3H3ClN4O2.ClH/c4-2(6-9)1-3(5)8-10-7-1;/h9H,(H2,5,8);1H. The first kappa shape index (κ1) is 9.99. The fourth-order valence-electron chi connectivity index (χ4n) is 0.401. The van der Waals surface area contributed by atoms with Crippen molar-refractivity contribution >= 4 is 22.6 Å². The van der Waals surface area contributed by atoms with Crippen LogP contribution in [0.2, 0.25) is 0 Å². The molecule has 1 aromatic heterocycles. The molecule has 62 valence electrons. The lowest BCUT2D eigenvalue weighted by Gasteiger charge is -1.78. The van der Waals surface area contributed by atoms with E-state index in [1.54, 1.807) is 5.16 Å². The van der Waals surface area contributed by atoms with Gasteiger partial charge >= 0.3 is 5.17 Å². The summed E-state index contributed by atoms with van der Waals surface area (Å²) in [6.07, 6.45) is 0. The molecule has 0 aliphatic heterocycles. The Kier molecular flexibility index (Phi) is 3.63. The van der Waals surface area contributed by atoms with Crippen molar-refractivity contribution in [3.63, 3.8) is 0 Å². The summed E-state index contributed by atoms with van der Waals surface area (Å²) in [5, 5.41) is 16.3. The summed E-state index contributed by atoms with van der Waals surface area (Å²) in [7, 11) is 0. The SMILES string of the molecule is Nc1nonc1C(Cl)=[NH+]O.[Cl-]. The van der Waals surface area contributed by atoms with Gasteiger partial charge in [0.05, 0.1) is 0 Å². The van der Waals surface area contributed by atoms with E-state index in [0.717, 1.165) is 0 Å². The molecule has 0 spiro atoms. The van der Waals surface area contributed by atoms with Crippen molar-refractivity contribution in [1.29, 1.82) is 0 Å². The number of halogens is 2. The van der Waals surface area contributed by atoms with Crippen LogP contribution in [0, 0.1) is 0 Å². The van der Waals surface area contributed by atoms with Gasteiger partial charge in [-0.15, -0.1) is 0 Å². The van der Waals surface area contributed by atoms with Crippen molar-refractivity contribution in [2.24, 2.45) is 0 Å². The third-order valence-corrected chi connectivity index (χ3v) is 1.08. The highest BCUT2D eigenvalue weighted by Crippen LogP contribution is 2.04. The Morgan fingerprint density at radius 2 is 2.27 bits per heavy atom. The van der Waals surface area contributed by atoms with Crippen LogP contribution < -0.4 is 23.3 Å². The van der Waals surface area contributed by atoms with Gasteiger partial charge in [0.1, 0.15) is 0 Å². The molecule has 0 amide bonds. The highest BCUT2D eigenvalue weighted by atomic mass is 35.5. The van der Waals surface area contributed by atoms with Crippen LogP contribution in [0.3, 0.4) is 0 Å². The molecule has 0 aromatic carbocycles. The van der Waals surface area contributed by atoms with Crippen LogP contribution in [0.5, 0.6) is 0 Å². The van der Waals surface area contributed by atoms with Gasteiger partial charge in [0, 0.05) is 0 Å². The fourth-order valence-corrected chi connectivity index (χ4v) is 0.532. The van der Waals surface area contributed by atoms with Crippen molar-refractivity contribution in [1.82, 2.24) is 10.3 Å². The number of nitrogens with zero attached hydrogens (tertiary/aromatic N) is 2. The largest absolute Gasteiger partial charge is 1.00 e. The topological polar surface area (TPSA) is 99.1 Å². The minimum Gasteiger partial charge on any atom is -1.00 e. The van der Waals surface area contributed by atoms with Gasteiger partial charge < -0.3 is 18.1 Å². The minimum absolute atomic E-state index is 0. The van der Waals surface area contributed by atoms with E-state index >= 15 is 0 Å². The second-order valence-electron chi connectivity index (χ2n) is 1.42. The molecular weight excluding hydrogens is 195 g/mol. The fraction of sp³-hybridized carbons (Fsp3) is 0. The van der Waals surface area contributed by atoms with E-state index in [2.05, 4.69) is 14.9 Å². The molecule has 11 heavy (non-hydrogen) atoms. The summed E-state index contributed by atoms with van der Waals surface area (Å²) in [6, 6.07) is 0. The number of rotatable bonds is 1. The van der Waals surface area contributed by atoms with Gasteiger partial charge in [0.25, 0.3) is 0 Å². The van der Waals surface area contributed by atoms with E-state index in [1.807, 2.05) is 0 Å². The molecular formula is C3H4Cl2N4O2. The van der Waals surface area contributed by atoms with Crippen molar-refractivity contribution in [2.45, 2.75) is 0 Å². The van der Waals surface area contributed by atoms with Gasteiger partial charge in [0.15, 0.2) is 0 Å². The van der Waals surface area contributed by atoms with Crippen LogP contribution in [-0.2, 0) is 0 Å². The van der Waals surface area contributed by atoms with Crippen LogP contribution in [0.1, 0.15) is 5.69 Å². The summed E-state index contributed by atoms with van der Waals surface area (Å²) < 4.78 is 4.19. The Hall–Kier alpha value is -1.01. The zero-order valence-corrected chi connectivity index (χ0v) is 6.60. The summed E-state index contributed by atoms with van der Waals surface area (Å²) in [6.45, 7) is 0. The molecule has 0 unspecified atom stereocenters. The predicted octanol–water partition coefficient (Wildman–Crippen LogP) is -4.89. The molecule has 0 fully saturated rings. The van der Waals surface area contributed by atoms with E-state index in [4.69, 9.17) is 22.5 Å². The molecule has 0 radical (unpaired) electrons. The average molecular weight is 199 g/mol. The Morgan fingerprint density at radius 3 is 2.64 bits per heavy atom. The quantitative estimate of drug-likeness (QED) is 0.239. The van der Waals surface area contributed by atoms with Crippen molar-refractivity contribution < 1.29 is 27.4 Å². The Morgan fingerprint density at radius 1 is 1.64 bits per heavy atom. The molecule has 0 saturated carbocycles. The lowest BCUT2D eigenvalue weighted by molar-refractivity contribution is -0.735. The van der Waals surface area contributed by atoms with Crippen LogP contribution in [0.15, 0.2) is 4.63 Å². The van der Waals surface area contributed by atoms with Crippen molar-refractivity contribution in [2.75, 3.05) is 5.73 Å². The van der Waals surface area contributed by atoms with Gasteiger partial charge in [0.2, 0.25) is 11.5 Å². The van der Waals surface area contributed by atoms with E-state index in [1.165, 1.54) is 0 Å². The van der Waals surface area contributed by atoms with E-state index in [0.29, 0.717) is 0 Å². The molecule has 1 heterocycles. The van der Waals surface area contributed by atoms with Crippen LogP contribution in [0.4, 0.5) is 5.82 Å². The number of nitrogens with one attached hydrogen (secondary N) is 1. The maximum Gasteiger partial charge on any atom is 0.349 e. The molecule has 4 N–H and O–H groups in total. The second kappa shape index (κ2) is 3.99. The molecule has 0 aliphatic carbocycles. The molecule has 0 bridgehead atoms. The lowest BCUT2D eigenvalue weighted by Crippen LogP contribution is -3.00. The maximum absolute atomic E-state index is 8.25. The molecule has 1 rings (SSSR count). The molecule has 0 saturated heterocycles. The van der Waals surface area contributed by atoms with Gasteiger partial charge in [-0.25, -0.2) is 4.63 Å². The number of nitrogens with two attached hydrogens (primary N) is 1. The predicted molar refractivity (Wildman–Crippen MR) is 31.4 cm³/mol. The zero-order valence-electron chi connectivity index (χ0n) is 5.08. The van der Waals surface area contributed by atoms with Gasteiger partial charge in [-0.3, -0.25) is 5.21 Å². The minimum atomic E-state index is -0.126. The normalized spacial score (nSPS) is 10.8. The Labute approximate surface area is 72.4 Å². The lowest BCUT2D eigenvalue weighted by atomic mass is 10.5. The highest BCUT2D eigenvalue weighted by Gasteiger charge is 2.16. The second-order valence-corrected chi connectivity index (χ2v) is 1.80. The Bertz CT molecular complexity index is 260. The first-order valence-corrected chi connectivity index (χ1v) is 2.64. The van der Waals surface area contributed by atoms with Gasteiger partial charge in [-0.05, 0) is 27.1 Å². The number of hydrogen-bond acceptors (Lipinski definition) is 5. The summed E-state index contributed by atoms with van der Waals surface area (Å²) in [5.41, 5.74) is 5.28. The monoisotopic (exact) mass is 198 g/mol. The van der Waals surface area contributed by atoms with Crippen molar-refractivity contribution in [3.8, 4) is 0 Å². The van der Waals surface area contributed by atoms with Crippen molar-refractivity contribution in [3.05, 3.63) is 5.69 Å². The third-order valence-electron chi connectivity index (χ3n) is 0.820. The first-order valence-electron chi connectivity index (χ1n) is 2.26. The highest BCUT2D eigenvalue weighted by molar-refractivity contribution is 6.67. The van der Waals surface area contributed by atoms with Gasteiger partial charge in [-0.1, -0.05) is 0 Å². The number of nitrogen functional groups attached to an aromatic ring is 1. The van der Waals surface area contributed by atoms with E-state index in [9.17, 15) is 0 Å². The molecule has 0 aliphatic rings. The molecule has 6 nitrogen and oxygen atoms in total. The number of anilines is 1. The number of aromatic nitrogens is 2. The summed E-state index contributed by atoms with van der Waals surface area (Å²) in [4.78, 5) is 0. The number of hydrogen-bond donors (Lipinski definition) is 3. The smallest absolute Gasteiger partial charge is 0.349 e. The summed E-state index contributed by atoms with van der Waals surface area (Å²) in [5.74, 6) is 0.0200. The zero-order chi connectivity index (χ0) is 7.56. The van der Waals surface area contributed by atoms with E-state index < -0.39 is 0 Å². The Balaban J connectivity index is 0.000001000. The summed E-state index contributed by atoms with van der Waals surface area (Å²) >= 11 is 5.35.